The van der Waals surface area contributed by atoms with Crippen molar-refractivity contribution in [2.45, 2.75) is 95.1 Å². The number of carbonyl (C=O) groups is 1. The number of hydrogen-bond acceptors (Lipinski definition) is 2. The van der Waals surface area contributed by atoms with E-state index in [1.54, 1.807) is 0 Å². The van der Waals surface area contributed by atoms with Crippen molar-refractivity contribution in [3.8, 4) is 0 Å². The Hall–Kier alpha value is -1.18. The molecular formula is C24H36NO2Si2. The van der Waals surface area contributed by atoms with Crippen LogP contribution in [0.1, 0.15) is 69.2 Å². The second-order valence-electron chi connectivity index (χ2n) is 11.6. The fourth-order valence-corrected chi connectivity index (χ4v) is 21.0. The number of carbonyl (C=O) groups excluding carboxylic acids is 1. The lowest BCUT2D eigenvalue weighted by molar-refractivity contribution is -0.122. The fraction of sp³-hybridized carbons (Fsp3) is 0.625. The van der Waals surface area contributed by atoms with E-state index in [0.717, 1.165) is 25.7 Å². The van der Waals surface area contributed by atoms with Crippen LogP contribution in [0.2, 0.25) is 31.2 Å². The maximum atomic E-state index is 13.2. The highest BCUT2D eigenvalue weighted by molar-refractivity contribution is 6.96. The zero-order valence-electron chi connectivity index (χ0n) is 19.4. The predicted molar refractivity (Wildman–Crippen MR) is 125 cm³/mol. The second kappa shape index (κ2) is 5.95. The average molecular weight is 427 g/mol. The van der Waals surface area contributed by atoms with Crippen LogP contribution in [0.3, 0.4) is 0 Å². The zero-order valence-corrected chi connectivity index (χ0v) is 21.4. The van der Waals surface area contributed by atoms with Gasteiger partial charge in [-0.3, -0.25) is 10.5 Å². The predicted octanol–water partition coefficient (Wildman–Crippen LogP) is 5.89. The van der Waals surface area contributed by atoms with E-state index in [4.69, 9.17) is 9.85 Å². The second-order valence-corrected chi connectivity index (χ2v) is 20.2. The van der Waals surface area contributed by atoms with Crippen molar-refractivity contribution in [2.75, 3.05) is 0 Å². The first-order valence-electron chi connectivity index (χ1n) is 11.0. The van der Waals surface area contributed by atoms with Gasteiger partial charge in [0.2, 0.25) is 5.91 Å². The Morgan fingerprint density at radius 2 is 1.76 bits per heavy atom. The van der Waals surface area contributed by atoms with E-state index >= 15 is 0 Å². The minimum absolute atomic E-state index is 0.0368. The molecule has 2 fully saturated rings. The summed E-state index contributed by atoms with van der Waals surface area (Å²) < 4.78 is 6.96. The van der Waals surface area contributed by atoms with Crippen LogP contribution in [0.4, 0.5) is 0 Å². The zero-order chi connectivity index (χ0) is 21.6. The first-order valence-corrected chi connectivity index (χ1v) is 16.8. The molecule has 1 saturated carbocycles. The van der Waals surface area contributed by atoms with Crippen LogP contribution in [0, 0.1) is 0 Å². The van der Waals surface area contributed by atoms with Gasteiger partial charge in [0.15, 0.2) is 16.6 Å². The molecule has 157 valence electrons. The van der Waals surface area contributed by atoms with Gasteiger partial charge in [-0.25, -0.2) is 0 Å². The van der Waals surface area contributed by atoms with Crippen molar-refractivity contribution in [1.29, 1.82) is 0 Å². The number of fused-ring (bicyclic) bond motifs is 2. The van der Waals surface area contributed by atoms with E-state index in [0.29, 0.717) is 0 Å². The van der Waals surface area contributed by atoms with Gasteiger partial charge in [0.25, 0.3) is 0 Å². The van der Waals surface area contributed by atoms with E-state index in [1.807, 2.05) is 0 Å². The maximum Gasteiger partial charge on any atom is 0.244 e. The van der Waals surface area contributed by atoms with Crippen molar-refractivity contribution < 1.29 is 8.91 Å². The third kappa shape index (κ3) is 2.47. The third-order valence-corrected chi connectivity index (χ3v) is 18.5. The topological polar surface area (TPSA) is 50.1 Å². The summed E-state index contributed by atoms with van der Waals surface area (Å²) in [6.07, 6.45) is 6.14. The standard InChI is InChI=1S/C24H36NO2Si2/c1-16-12-17-14-18(22(2,3)4)15-20(19(17)13-16)23-10-9-11-24(23,21(25)26)29(7,8)27-28(23,5)6/h12,14-15,25H,9-11,13H2,1-8H3. The van der Waals surface area contributed by atoms with Crippen molar-refractivity contribution in [2.24, 2.45) is 0 Å². The number of benzene rings is 1. The van der Waals surface area contributed by atoms with Gasteiger partial charge in [-0.1, -0.05) is 51.0 Å². The van der Waals surface area contributed by atoms with Crippen LogP contribution >= 0.6 is 0 Å². The fourth-order valence-electron chi connectivity index (χ4n) is 7.19. The molecule has 2 unspecified atom stereocenters. The van der Waals surface area contributed by atoms with Crippen LogP contribution in [0.15, 0.2) is 17.7 Å². The molecule has 0 spiro atoms. The molecule has 2 aliphatic carbocycles. The van der Waals surface area contributed by atoms with Gasteiger partial charge in [-0.05, 0) is 80.0 Å². The summed E-state index contributed by atoms with van der Waals surface area (Å²) in [5, 5.41) is -0.894. The van der Waals surface area contributed by atoms with Crippen LogP contribution in [0.5, 0.6) is 0 Å². The van der Waals surface area contributed by atoms with Crippen molar-refractivity contribution in [3.63, 3.8) is 0 Å². The Kier molecular flexibility index (Phi) is 4.32. The lowest BCUT2D eigenvalue weighted by Gasteiger charge is -2.47. The summed E-state index contributed by atoms with van der Waals surface area (Å²) in [7, 11) is -4.66. The molecule has 1 N–H and O–H groups in total. The summed E-state index contributed by atoms with van der Waals surface area (Å²) in [4.78, 5) is 13.2. The Morgan fingerprint density at radius 1 is 1.10 bits per heavy atom. The normalized spacial score (nSPS) is 32.1. The van der Waals surface area contributed by atoms with Crippen LogP contribution in [-0.4, -0.2) is 22.5 Å². The molecule has 3 aliphatic rings. The van der Waals surface area contributed by atoms with Gasteiger partial charge < -0.3 is 4.12 Å². The molecule has 3 nitrogen and oxygen atoms in total. The van der Waals surface area contributed by atoms with Gasteiger partial charge in [-0.15, -0.1) is 0 Å². The number of nitrogens with one attached hydrogen (secondary N) is 1. The lowest BCUT2D eigenvalue weighted by Crippen LogP contribution is -2.56. The lowest BCUT2D eigenvalue weighted by atomic mass is 9.77. The van der Waals surface area contributed by atoms with Gasteiger partial charge in [0.1, 0.15) is 0 Å². The molecule has 0 bridgehead atoms. The maximum absolute atomic E-state index is 13.2. The largest absolute Gasteiger partial charge is 0.454 e. The number of allylic oxidation sites excluding steroid dienone is 1. The van der Waals surface area contributed by atoms with Gasteiger partial charge in [0, 0.05) is 5.04 Å². The van der Waals surface area contributed by atoms with E-state index in [1.165, 1.54) is 27.8 Å². The molecule has 4 rings (SSSR count). The number of amides is 1. The van der Waals surface area contributed by atoms with Crippen molar-refractivity contribution in [1.82, 2.24) is 5.73 Å². The first kappa shape index (κ1) is 21.1. The first-order chi connectivity index (χ1) is 13.2. The summed E-state index contributed by atoms with van der Waals surface area (Å²) >= 11 is 0. The average Bonchev–Trinajstić information content (AvgIpc) is 3.15. The minimum Gasteiger partial charge on any atom is -0.454 e. The minimum atomic E-state index is -2.38. The van der Waals surface area contributed by atoms with Crippen LogP contribution in [-0.2, 0) is 25.8 Å². The van der Waals surface area contributed by atoms with E-state index in [2.05, 4.69) is 72.1 Å². The number of rotatable bonds is 2. The van der Waals surface area contributed by atoms with Crippen LogP contribution in [0.25, 0.3) is 6.08 Å². The van der Waals surface area contributed by atoms with Crippen molar-refractivity contribution >= 4 is 28.6 Å². The molecule has 1 amide bonds. The van der Waals surface area contributed by atoms with Gasteiger partial charge in [0.05, 0.1) is 5.04 Å². The smallest absolute Gasteiger partial charge is 0.244 e. The molecule has 1 aromatic carbocycles. The molecule has 5 heteroatoms. The molecule has 1 aliphatic heterocycles. The molecule has 1 heterocycles. The van der Waals surface area contributed by atoms with E-state index in [-0.39, 0.29) is 16.4 Å². The molecule has 29 heavy (non-hydrogen) atoms. The molecular weight excluding hydrogens is 390 g/mol. The monoisotopic (exact) mass is 426 g/mol. The van der Waals surface area contributed by atoms with E-state index < -0.39 is 21.7 Å². The summed E-state index contributed by atoms with van der Waals surface area (Å²) in [6.45, 7) is 18.1. The van der Waals surface area contributed by atoms with E-state index in [9.17, 15) is 4.79 Å². The highest BCUT2D eigenvalue weighted by atomic mass is 28.4. The SMILES string of the molecule is CC1=Cc2cc(C(C)(C)C)cc(C34CCCC3(C([NH])=O)[Si](C)(C)O[Si]4(C)C)c2C1. The Morgan fingerprint density at radius 3 is 2.34 bits per heavy atom. The van der Waals surface area contributed by atoms with Gasteiger partial charge in [-0.2, -0.15) is 0 Å². The third-order valence-electron chi connectivity index (χ3n) is 8.25. The Bertz CT molecular complexity index is 941. The summed E-state index contributed by atoms with van der Waals surface area (Å²) in [5.41, 5.74) is 15.4. The van der Waals surface area contributed by atoms with Crippen molar-refractivity contribution in [3.05, 3.63) is 40.0 Å². The molecule has 1 saturated heterocycles. The molecule has 0 aromatic heterocycles. The summed E-state index contributed by atoms with van der Waals surface area (Å²) in [6, 6.07) is 4.78. The molecule has 2 atom stereocenters. The Balaban J connectivity index is 2.11. The highest BCUT2D eigenvalue weighted by Crippen LogP contribution is 2.73. The molecule has 1 radical (unpaired) electrons. The number of hydrogen-bond donors (Lipinski definition) is 0. The Labute approximate surface area is 178 Å². The summed E-state index contributed by atoms with van der Waals surface area (Å²) in [5.74, 6) is -0.359. The quantitative estimate of drug-likeness (QED) is 0.553. The molecule has 1 aromatic rings. The van der Waals surface area contributed by atoms with Crippen LogP contribution < -0.4 is 5.73 Å². The highest BCUT2D eigenvalue weighted by Gasteiger charge is 2.79. The van der Waals surface area contributed by atoms with Gasteiger partial charge >= 0.3 is 0 Å².